The lowest BCUT2D eigenvalue weighted by atomic mass is 10.0. The summed E-state index contributed by atoms with van der Waals surface area (Å²) >= 11 is 0. The second kappa shape index (κ2) is 6.09. The number of hydrogen-bond acceptors (Lipinski definition) is 5. The number of hydrogen-bond donors (Lipinski definition) is 2. The first-order chi connectivity index (χ1) is 8.83. The maximum absolute atomic E-state index is 5.60. The Morgan fingerprint density at radius 3 is 2.94 bits per heavy atom. The maximum atomic E-state index is 5.60. The Morgan fingerprint density at radius 2 is 2.28 bits per heavy atom. The Balaban J connectivity index is 2.17. The molecule has 0 aromatic carbocycles. The molecule has 1 unspecified atom stereocenters. The molecule has 3 N–H and O–H groups in total. The van der Waals surface area contributed by atoms with E-state index in [1.807, 2.05) is 24.3 Å². The van der Waals surface area contributed by atoms with Crippen LogP contribution in [0.15, 0.2) is 42.9 Å². The van der Waals surface area contributed by atoms with Crippen LogP contribution in [-0.2, 0) is 6.42 Å². The Morgan fingerprint density at radius 1 is 1.39 bits per heavy atom. The van der Waals surface area contributed by atoms with E-state index < -0.39 is 0 Å². The van der Waals surface area contributed by atoms with Gasteiger partial charge in [0.1, 0.15) is 5.75 Å². The van der Waals surface area contributed by atoms with Crippen molar-refractivity contribution in [2.45, 2.75) is 12.5 Å². The van der Waals surface area contributed by atoms with Gasteiger partial charge in [-0.2, -0.15) is 0 Å². The number of hydrazine groups is 1. The van der Waals surface area contributed by atoms with Crippen molar-refractivity contribution in [2.24, 2.45) is 5.84 Å². The van der Waals surface area contributed by atoms with E-state index in [0.29, 0.717) is 12.2 Å². The van der Waals surface area contributed by atoms with Gasteiger partial charge in [-0.05, 0) is 23.8 Å². The van der Waals surface area contributed by atoms with Gasteiger partial charge in [-0.15, -0.1) is 0 Å². The van der Waals surface area contributed by atoms with Crippen molar-refractivity contribution in [3.63, 3.8) is 0 Å². The molecule has 5 heteroatoms. The van der Waals surface area contributed by atoms with E-state index in [2.05, 4.69) is 15.4 Å². The molecular formula is C13H16N4O. The molecule has 0 fully saturated rings. The highest BCUT2D eigenvalue weighted by Gasteiger charge is 2.12. The third-order valence-corrected chi connectivity index (χ3v) is 2.71. The third kappa shape index (κ3) is 3.03. The molecule has 1 atom stereocenters. The number of nitrogens with zero attached hydrogens (tertiary/aromatic N) is 2. The fourth-order valence-corrected chi connectivity index (χ4v) is 1.74. The van der Waals surface area contributed by atoms with Crippen LogP contribution in [0.2, 0.25) is 0 Å². The average Bonchev–Trinajstić information content (AvgIpc) is 2.46. The fourth-order valence-electron chi connectivity index (χ4n) is 1.74. The van der Waals surface area contributed by atoms with E-state index in [1.165, 1.54) is 0 Å². The van der Waals surface area contributed by atoms with Crippen molar-refractivity contribution in [1.82, 2.24) is 15.4 Å². The Hall–Kier alpha value is -1.98. The number of aromatic nitrogens is 2. The minimum atomic E-state index is -0.0394. The van der Waals surface area contributed by atoms with Crippen LogP contribution in [0.4, 0.5) is 0 Å². The summed E-state index contributed by atoms with van der Waals surface area (Å²) in [6, 6.07) is 7.70. The molecule has 0 saturated carbocycles. The predicted molar refractivity (Wildman–Crippen MR) is 68.8 cm³/mol. The minimum absolute atomic E-state index is 0.0394. The highest BCUT2D eigenvalue weighted by atomic mass is 16.5. The summed E-state index contributed by atoms with van der Waals surface area (Å²) in [5.74, 6) is 6.31. The molecule has 5 nitrogen and oxygen atoms in total. The first-order valence-corrected chi connectivity index (χ1v) is 5.68. The smallest absolute Gasteiger partial charge is 0.137 e. The molecule has 0 aliphatic carbocycles. The van der Waals surface area contributed by atoms with E-state index in [-0.39, 0.29) is 6.04 Å². The molecule has 0 radical (unpaired) electrons. The normalized spacial score (nSPS) is 12.1. The van der Waals surface area contributed by atoms with Crippen molar-refractivity contribution < 1.29 is 4.74 Å². The van der Waals surface area contributed by atoms with Crippen LogP contribution in [-0.4, -0.2) is 17.1 Å². The highest BCUT2D eigenvalue weighted by Crippen LogP contribution is 2.19. The molecular weight excluding hydrogens is 228 g/mol. The van der Waals surface area contributed by atoms with E-state index in [4.69, 9.17) is 10.6 Å². The molecule has 0 bridgehead atoms. The average molecular weight is 244 g/mol. The summed E-state index contributed by atoms with van der Waals surface area (Å²) in [4.78, 5) is 8.41. The zero-order valence-electron chi connectivity index (χ0n) is 10.2. The molecule has 2 rings (SSSR count). The largest absolute Gasteiger partial charge is 0.495 e. The van der Waals surface area contributed by atoms with Crippen LogP contribution in [0.3, 0.4) is 0 Å². The summed E-state index contributed by atoms with van der Waals surface area (Å²) in [6.07, 6.45) is 5.91. The number of nitrogens with one attached hydrogen (secondary N) is 1. The number of pyridine rings is 2. The standard InChI is InChI=1S/C13H16N4O/c1-18-12-6-10(8-15-9-12)13(17-14)7-11-4-2-3-5-16-11/h2-6,8-9,13,17H,7,14H2,1H3. The second-order valence-corrected chi connectivity index (χ2v) is 3.90. The summed E-state index contributed by atoms with van der Waals surface area (Å²) in [5, 5.41) is 0. The Labute approximate surface area is 106 Å². The summed E-state index contributed by atoms with van der Waals surface area (Å²) in [5.41, 5.74) is 4.73. The van der Waals surface area contributed by atoms with Crippen LogP contribution >= 0.6 is 0 Å². The van der Waals surface area contributed by atoms with Crippen LogP contribution in [0.1, 0.15) is 17.3 Å². The van der Waals surface area contributed by atoms with Crippen molar-refractivity contribution >= 4 is 0 Å². The molecule has 94 valence electrons. The molecule has 18 heavy (non-hydrogen) atoms. The number of ether oxygens (including phenoxy) is 1. The number of methoxy groups -OCH3 is 1. The van der Waals surface area contributed by atoms with Gasteiger partial charge in [-0.1, -0.05) is 6.07 Å². The number of rotatable bonds is 5. The second-order valence-electron chi connectivity index (χ2n) is 3.90. The maximum Gasteiger partial charge on any atom is 0.137 e. The number of nitrogens with two attached hydrogens (primary N) is 1. The van der Waals surface area contributed by atoms with Crippen molar-refractivity contribution in [2.75, 3.05) is 7.11 Å². The van der Waals surface area contributed by atoms with E-state index in [0.717, 1.165) is 11.3 Å². The van der Waals surface area contributed by atoms with Gasteiger partial charge in [-0.25, -0.2) is 0 Å². The van der Waals surface area contributed by atoms with Crippen molar-refractivity contribution in [3.05, 3.63) is 54.1 Å². The van der Waals surface area contributed by atoms with Gasteiger partial charge in [0.15, 0.2) is 0 Å². The first-order valence-electron chi connectivity index (χ1n) is 5.68. The summed E-state index contributed by atoms with van der Waals surface area (Å²) in [6.45, 7) is 0. The molecule has 2 aromatic heterocycles. The SMILES string of the molecule is COc1cncc(C(Cc2ccccn2)NN)c1. The Bertz CT molecular complexity index is 489. The van der Waals surface area contributed by atoms with Crippen LogP contribution in [0.25, 0.3) is 0 Å². The summed E-state index contributed by atoms with van der Waals surface area (Å²) < 4.78 is 5.15. The molecule has 0 amide bonds. The molecule has 2 aromatic rings. The van der Waals surface area contributed by atoms with Gasteiger partial charge >= 0.3 is 0 Å². The lowest BCUT2D eigenvalue weighted by Crippen LogP contribution is -2.29. The molecule has 0 aliphatic heterocycles. The highest BCUT2D eigenvalue weighted by molar-refractivity contribution is 5.26. The van der Waals surface area contributed by atoms with Crippen molar-refractivity contribution in [3.8, 4) is 5.75 Å². The van der Waals surface area contributed by atoms with E-state index in [1.54, 1.807) is 25.7 Å². The van der Waals surface area contributed by atoms with E-state index in [9.17, 15) is 0 Å². The van der Waals surface area contributed by atoms with Gasteiger partial charge in [0, 0.05) is 24.5 Å². The van der Waals surface area contributed by atoms with Crippen LogP contribution in [0.5, 0.6) is 5.75 Å². The first kappa shape index (κ1) is 12.5. The quantitative estimate of drug-likeness (QED) is 0.611. The van der Waals surface area contributed by atoms with Gasteiger partial charge in [0.25, 0.3) is 0 Å². The minimum Gasteiger partial charge on any atom is -0.495 e. The van der Waals surface area contributed by atoms with Crippen LogP contribution in [0, 0.1) is 0 Å². The lowest BCUT2D eigenvalue weighted by molar-refractivity contribution is 0.410. The Kier molecular flexibility index (Phi) is 4.22. The van der Waals surface area contributed by atoms with Crippen molar-refractivity contribution in [1.29, 1.82) is 0 Å². The molecule has 0 spiro atoms. The zero-order valence-corrected chi connectivity index (χ0v) is 10.2. The summed E-state index contributed by atoms with van der Waals surface area (Å²) in [7, 11) is 1.62. The predicted octanol–water partition coefficient (Wildman–Crippen LogP) is 1.23. The van der Waals surface area contributed by atoms with Gasteiger partial charge < -0.3 is 4.74 Å². The van der Waals surface area contributed by atoms with Crippen LogP contribution < -0.4 is 16.0 Å². The molecule has 2 heterocycles. The van der Waals surface area contributed by atoms with Gasteiger partial charge in [-0.3, -0.25) is 21.2 Å². The van der Waals surface area contributed by atoms with Gasteiger partial charge in [0.2, 0.25) is 0 Å². The molecule has 0 saturated heterocycles. The zero-order chi connectivity index (χ0) is 12.8. The topological polar surface area (TPSA) is 73.1 Å². The van der Waals surface area contributed by atoms with Gasteiger partial charge in [0.05, 0.1) is 19.3 Å². The fraction of sp³-hybridized carbons (Fsp3) is 0.231. The lowest BCUT2D eigenvalue weighted by Gasteiger charge is -2.16. The monoisotopic (exact) mass is 244 g/mol. The van der Waals surface area contributed by atoms with E-state index >= 15 is 0 Å². The third-order valence-electron chi connectivity index (χ3n) is 2.71. The molecule has 0 aliphatic rings.